The molecule has 0 bridgehead atoms. The van der Waals surface area contributed by atoms with Gasteiger partial charge in [-0.05, 0) is 19.3 Å². The molecule has 0 aliphatic carbocycles. The summed E-state index contributed by atoms with van der Waals surface area (Å²) in [6.07, 6.45) is 0.311. The number of thiazole rings is 1. The standard InChI is InChI=1S/C25H33N3O9S2/c1-11-16(15-9-27-10-26-20(22(27)38-15)39(8,33)34)19(28-18(11)17(12(2)29)21(28)30)23(31)36-14(4)37-24(32)35-13(3)25(5,6)7/h9-14,17-18,29H,1-8H3/t11-,12+,13?,14?,17+,18+/m0/s1. The van der Waals surface area contributed by atoms with Crippen molar-refractivity contribution in [2.24, 2.45) is 17.3 Å². The van der Waals surface area contributed by atoms with Gasteiger partial charge in [0.05, 0.1) is 22.9 Å². The van der Waals surface area contributed by atoms with Crippen molar-refractivity contribution < 1.29 is 42.1 Å². The molecule has 0 aromatic carbocycles. The first kappa shape index (κ1) is 29.0. The summed E-state index contributed by atoms with van der Waals surface area (Å²) in [6.45, 7) is 12.1. The third kappa shape index (κ3) is 5.16. The molecule has 1 amide bonds. The predicted octanol–water partition coefficient (Wildman–Crippen LogP) is 2.84. The summed E-state index contributed by atoms with van der Waals surface area (Å²) in [5, 5.41) is 10.1. The minimum atomic E-state index is -3.61. The molecule has 214 valence electrons. The molecular formula is C25H33N3O9S2. The Morgan fingerprint density at radius 1 is 1.15 bits per heavy atom. The average Bonchev–Trinajstić information content (AvgIpc) is 3.41. The fourth-order valence-electron chi connectivity index (χ4n) is 4.75. The highest BCUT2D eigenvalue weighted by Crippen LogP contribution is 2.52. The van der Waals surface area contributed by atoms with E-state index in [0.29, 0.717) is 15.3 Å². The maximum Gasteiger partial charge on any atom is 0.511 e. The van der Waals surface area contributed by atoms with Crippen molar-refractivity contribution in [2.45, 2.75) is 78.0 Å². The van der Waals surface area contributed by atoms with Gasteiger partial charge in [-0.15, -0.1) is 11.3 Å². The van der Waals surface area contributed by atoms with Crippen molar-refractivity contribution in [2.75, 3.05) is 6.26 Å². The SMILES string of the molecule is CC(OC(=O)OC(C)C(C)(C)C)OC(=O)C1=C(c2cn3cnc(S(C)(=O)=O)c3s2)[C@H](C)[C@@H]2[C@@H]([C@@H](C)O)C(=O)N12. The lowest BCUT2D eigenvalue weighted by Crippen LogP contribution is -2.63. The number of rotatable bonds is 7. The average molecular weight is 584 g/mol. The second kappa shape index (κ2) is 9.89. The molecule has 2 aliphatic rings. The Balaban J connectivity index is 1.67. The Bertz CT molecular complexity index is 1460. The Morgan fingerprint density at radius 3 is 2.36 bits per heavy atom. The number of aromatic nitrogens is 2. The van der Waals surface area contributed by atoms with Crippen molar-refractivity contribution in [1.29, 1.82) is 0 Å². The van der Waals surface area contributed by atoms with E-state index in [1.165, 1.54) is 25.1 Å². The Morgan fingerprint density at radius 2 is 1.79 bits per heavy atom. The van der Waals surface area contributed by atoms with Crippen LogP contribution in [0, 0.1) is 17.3 Å². The molecule has 2 aromatic rings. The number of β-lactam (4-membered cyclic amide) rings is 1. The number of aliphatic hydroxyl groups excluding tert-OH is 1. The maximum absolute atomic E-state index is 13.5. The van der Waals surface area contributed by atoms with Crippen LogP contribution in [-0.2, 0) is 33.6 Å². The lowest BCUT2D eigenvalue weighted by molar-refractivity contribution is -0.174. The highest BCUT2D eigenvalue weighted by Gasteiger charge is 2.60. The number of hydrogen-bond acceptors (Lipinski definition) is 11. The summed E-state index contributed by atoms with van der Waals surface area (Å²) in [5.74, 6) is -2.45. The first-order chi connectivity index (χ1) is 17.9. The van der Waals surface area contributed by atoms with Gasteiger partial charge in [0.15, 0.2) is 14.9 Å². The molecule has 6 atom stereocenters. The van der Waals surface area contributed by atoms with Gasteiger partial charge in [-0.3, -0.25) is 9.20 Å². The van der Waals surface area contributed by atoms with Gasteiger partial charge in [-0.25, -0.2) is 23.0 Å². The summed E-state index contributed by atoms with van der Waals surface area (Å²) in [4.78, 5) is 44.9. The first-order valence-electron chi connectivity index (χ1n) is 12.4. The van der Waals surface area contributed by atoms with Gasteiger partial charge in [0.2, 0.25) is 12.2 Å². The zero-order chi connectivity index (χ0) is 29.2. The minimum Gasteiger partial charge on any atom is -0.431 e. The van der Waals surface area contributed by atoms with Crippen LogP contribution in [0.15, 0.2) is 23.2 Å². The maximum atomic E-state index is 13.5. The number of aliphatic hydroxyl groups is 1. The molecule has 0 saturated carbocycles. The minimum absolute atomic E-state index is 0.0420. The van der Waals surface area contributed by atoms with Crippen LogP contribution in [0.5, 0.6) is 0 Å². The quantitative estimate of drug-likeness (QED) is 0.292. The van der Waals surface area contributed by atoms with Gasteiger partial charge in [-0.1, -0.05) is 27.7 Å². The monoisotopic (exact) mass is 583 g/mol. The van der Waals surface area contributed by atoms with Gasteiger partial charge in [0.1, 0.15) is 23.0 Å². The van der Waals surface area contributed by atoms with Gasteiger partial charge >= 0.3 is 12.1 Å². The van der Waals surface area contributed by atoms with Crippen LogP contribution in [-0.4, -0.2) is 76.6 Å². The Labute approximate surface area is 230 Å². The molecule has 2 aliphatic heterocycles. The number of hydrogen-bond donors (Lipinski definition) is 1. The zero-order valence-electron chi connectivity index (χ0n) is 23.0. The van der Waals surface area contributed by atoms with E-state index < -0.39 is 64.2 Å². The van der Waals surface area contributed by atoms with Crippen molar-refractivity contribution >= 4 is 49.6 Å². The van der Waals surface area contributed by atoms with Gasteiger partial charge < -0.3 is 24.2 Å². The van der Waals surface area contributed by atoms with E-state index in [2.05, 4.69) is 4.98 Å². The summed E-state index contributed by atoms with van der Waals surface area (Å²) >= 11 is 1.11. The molecule has 39 heavy (non-hydrogen) atoms. The normalized spacial score (nSPS) is 23.8. The smallest absolute Gasteiger partial charge is 0.431 e. The number of carbonyl (C=O) groups excluding carboxylic acids is 3. The molecule has 2 unspecified atom stereocenters. The molecule has 0 radical (unpaired) electrons. The lowest BCUT2D eigenvalue weighted by atomic mass is 9.77. The van der Waals surface area contributed by atoms with Crippen LogP contribution in [0.3, 0.4) is 0 Å². The topological polar surface area (TPSA) is 154 Å². The van der Waals surface area contributed by atoms with Crippen molar-refractivity contribution in [1.82, 2.24) is 14.3 Å². The summed E-state index contributed by atoms with van der Waals surface area (Å²) in [7, 11) is -3.61. The van der Waals surface area contributed by atoms with E-state index in [9.17, 15) is 27.9 Å². The number of nitrogens with zero attached hydrogens (tertiary/aromatic N) is 3. The third-order valence-corrected chi connectivity index (χ3v) is 9.46. The highest BCUT2D eigenvalue weighted by molar-refractivity contribution is 7.91. The molecule has 4 rings (SSSR count). The Kier molecular flexibility index (Phi) is 7.36. The fraction of sp³-hybridized carbons (Fsp3) is 0.600. The molecule has 4 heterocycles. The zero-order valence-corrected chi connectivity index (χ0v) is 24.6. The summed E-state index contributed by atoms with van der Waals surface area (Å²) in [6, 6.07) is -0.502. The summed E-state index contributed by atoms with van der Waals surface area (Å²) in [5.41, 5.74) is 0.0923. The molecule has 12 nitrogen and oxygen atoms in total. The second-order valence-corrected chi connectivity index (χ2v) is 14.1. The predicted molar refractivity (Wildman–Crippen MR) is 140 cm³/mol. The number of fused-ring (bicyclic) bond motifs is 2. The summed E-state index contributed by atoms with van der Waals surface area (Å²) < 4.78 is 41.7. The van der Waals surface area contributed by atoms with Crippen LogP contribution >= 0.6 is 11.3 Å². The molecule has 1 saturated heterocycles. The van der Waals surface area contributed by atoms with Crippen LogP contribution in [0.25, 0.3) is 10.4 Å². The molecule has 2 aromatic heterocycles. The van der Waals surface area contributed by atoms with E-state index >= 15 is 0 Å². The lowest BCUT2D eigenvalue weighted by Gasteiger charge is -2.46. The van der Waals surface area contributed by atoms with E-state index in [4.69, 9.17) is 14.2 Å². The molecular weight excluding hydrogens is 550 g/mol. The van der Waals surface area contributed by atoms with Gasteiger partial charge in [0.25, 0.3) is 0 Å². The number of esters is 1. The number of amides is 1. The second-order valence-electron chi connectivity index (χ2n) is 11.1. The molecule has 1 fully saturated rings. The number of imidazole rings is 1. The molecule has 14 heteroatoms. The molecule has 1 N–H and O–H groups in total. The van der Waals surface area contributed by atoms with Crippen LogP contribution in [0.4, 0.5) is 4.79 Å². The first-order valence-corrected chi connectivity index (χ1v) is 15.1. The van der Waals surface area contributed by atoms with E-state index in [1.807, 2.05) is 27.7 Å². The van der Waals surface area contributed by atoms with Gasteiger partial charge in [0, 0.05) is 30.9 Å². The van der Waals surface area contributed by atoms with E-state index in [1.54, 1.807) is 17.5 Å². The number of ether oxygens (including phenoxy) is 3. The third-order valence-electron chi connectivity index (χ3n) is 7.19. The van der Waals surface area contributed by atoms with Crippen LogP contribution in [0.1, 0.15) is 53.3 Å². The number of sulfone groups is 1. The largest absolute Gasteiger partial charge is 0.511 e. The fourth-order valence-corrected chi connectivity index (χ4v) is 7.11. The van der Waals surface area contributed by atoms with Crippen LogP contribution < -0.4 is 0 Å². The Hall–Kier alpha value is -2.97. The van der Waals surface area contributed by atoms with Crippen molar-refractivity contribution in [3.63, 3.8) is 0 Å². The van der Waals surface area contributed by atoms with E-state index in [0.717, 1.165) is 17.6 Å². The van der Waals surface area contributed by atoms with Crippen molar-refractivity contribution in [3.8, 4) is 0 Å². The van der Waals surface area contributed by atoms with Crippen molar-refractivity contribution in [3.05, 3.63) is 23.1 Å². The number of carbonyl (C=O) groups is 3. The van der Waals surface area contributed by atoms with Crippen LogP contribution in [0.2, 0.25) is 0 Å². The highest BCUT2D eigenvalue weighted by atomic mass is 32.2. The molecule has 0 spiro atoms. The van der Waals surface area contributed by atoms with E-state index in [-0.39, 0.29) is 16.1 Å². The van der Waals surface area contributed by atoms with Gasteiger partial charge in [-0.2, -0.15) is 0 Å².